The van der Waals surface area contributed by atoms with Gasteiger partial charge in [0, 0.05) is 25.3 Å². The Morgan fingerprint density at radius 3 is 2.55 bits per heavy atom. The van der Waals surface area contributed by atoms with Crippen LogP contribution >= 0.6 is 11.6 Å². The second-order valence-electron chi connectivity index (χ2n) is 5.60. The SMILES string of the molecule is COCC1CCN(CCC(O)c2ccc(Cl)cc2)CC1. The standard InChI is InChI=1S/C16H24ClNO2/c1-20-12-13-6-9-18(10-7-13)11-8-16(19)14-2-4-15(17)5-3-14/h2-5,13,16,19H,6-12H2,1H3. The fourth-order valence-electron chi connectivity index (χ4n) is 2.77. The van der Waals surface area contributed by atoms with E-state index in [1.54, 1.807) is 7.11 Å². The molecule has 0 aliphatic carbocycles. The Bertz CT molecular complexity index is 388. The number of likely N-dealkylation sites (tertiary alicyclic amines) is 1. The van der Waals surface area contributed by atoms with E-state index in [-0.39, 0.29) is 0 Å². The number of aliphatic hydroxyl groups is 1. The lowest BCUT2D eigenvalue weighted by molar-refractivity contribution is 0.0869. The van der Waals surface area contributed by atoms with Crippen molar-refractivity contribution in [2.45, 2.75) is 25.4 Å². The van der Waals surface area contributed by atoms with Crippen molar-refractivity contribution >= 4 is 11.6 Å². The Labute approximate surface area is 126 Å². The molecule has 20 heavy (non-hydrogen) atoms. The molecule has 1 aromatic carbocycles. The Morgan fingerprint density at radius 2 is 1.95 bits per heavy atom. The zero-order valence-electron chi connectivity index (χ0n) is 12.1. The molecule has 0 radical (unpaired) electrons. The topological polar surface area (TPSA) is 32.7 Å². The van der Waals surface area contributed by atoms with E-state index in [9.17, 15) is 5.11 Å². The van der Waals surface area contributed by atoms with Crippen LogP contribution in [0.4, 0.5) is 0 Å². The molecule has 2 rings (SSSR count). The first-order chi connectivity index (χ1) is 9.69. The van der Waals surface area contributed by atoms with Gasteiger partial charge in [0.15, 0.2) is 0 Å². The number of hydrogen-bond donors (Lipinski definition) is 1. The van der Waals surface area contributed by atoms with Crippen molar-refractivity contribution in [1.29, 1.82) is 0 Å². The van der Waals surface area contributed by atoms with Crippen LogP contribution in [0.25, 0.3) is 0 Å². The molecule has 4 heteroatoms. The van der Waals surface area contributed by atoms with Crippen LogP contribution < -0.4 is 0 Å². The summed E-state index contributed by atoms with van der Waals surface area (Å²) in [4.78, 5) is 2.44. The molecular weight excluding hydrogens is 274 g/mol. The first-order valence-electron chi connectivity index (χ1n) is 7.34. The minimum Gasteiger partial charge on any atom is -0.388 e. The van der Waals surface area contributed by atoms with E-state index >= 15 is 0 Å². The van der Waals surface area contributed by atoms with Crippen LogP contribution in [0.5, 0.6) is 0 Å². The molecule has 1 aliphatic rings. The molecule has 1 unspecified atom stereocenters. The van der Waals surface area contributed by atoms with Crippen LogP contribution in [0, 0.1) is 5.92 Å². The molecule has 1 saturated heterocycles. The van der Waals surface area contributed by atoms with Crippen molar-refractivity contribution in [3.8, 4) is 0 Å². The zero-order chi connectivity index (χ0) is 14.4. The molecule has 3 nitrogen and oxygen atoms in total. The number of methoxy groups -OCH3 is 1. The molecule has 0 aromatic heterocycles. The number of rotatable bonds is 6. The maximum atomic E-state index is 10.2. The number of halogens is 1. The normalized spacial score (nSPS) is 19.1. The summed E-state index contributed by atoms with van der Waals surface area (Å²) in [6.07, 6.45) is 2.77. The summed E-state index contributed by atoms with van der Waals surface area (Å²) in [5.41, 5.74) is 0.948. The van der Waals surface area contributed by atoms with Crippen LogP contribution in [0.2, 0.25) is 5.02 Å². The average Bonchev–Trinajstić information content (AvgIpc) is 2.47. The van der Waals surface area contributed by atoms with E-state index in [1.807, 2.05) is 24.3 Å². The lowest BCUT2D eigenvalue weighted by Crippen LogP contribution is -2.36. The number of piperidine rings is 1. The fraction of sp³-hybridized carbons (Fsp3) is 0.625. The summed E-state index contributed by atoms with van der Waals surface area (Å²) >= 11 is 5.85. The van der Waals surface area contributed by atoms with Gasteiger partial charge in [-0.05, 0) is 56.0 Å². The zero-order valence-corrected chi connectivity index (χ0v) is 12.9. The molecule has 0 amide bonds. The van der Waals surface area contributed by atoms with Gasteiger partial charge >= 0.3 is 0 Å². The Kier molecular flexibility index (Phi) is 6.30. The predicted octanol–water partition coefficient (Wildman–Crippen LogP) is 3.12. The van der Waals surface area contributed by atoms with Crippen LogP contribution in [-0.4, -0.2) is 43.4 Å². The smallest absolute Gasteiger partial charge is 0.0802 e. The van der Waals surface area contributed by atoms with Crippen LogP contribution in [-0.2, 0) is 4.74 Å². The van der Waals surface area contributed by atoms with Crippen LogP contribution in [0.3, 0.4) is 0 Å². The van der Waals surface area contributed by atoms with Crippen molar-refractivity contribution < 1.29 is 9.84 Å². The first kappa shape index (κ1) is 15.8. The Balaban J connectivity index is 1.71. The molecule has 0 saturated carbocycles. The number of nitrogens with zero attached hydrogens (tertiary/aromatic N) is 1. The summed E-state index contributed by atoms with van der Waals surface area (Å²) in [6, 6.07) is 7.46. The molecule has 1 aliphatic heterocycles. The Hall–Kier alpha value is -0.610. The van der Waals surface area contributed by atoms with Gasteiger partial charge in [0.25, 0.3) is 0 Å². The quantitative estimate of drug-likeness (QED) is 0.876. The van der Waals surface area contributed by atoms with Crippen LogP contribution in [0.1, 0.15) is 30.9 Å². The monoisotopic (exact) mass is 297 g/mol. The average molecular weight is 298 g/mol. The van der Waals surface area contributed by atoms with E-state index in [1.165, 1.54) is 12.8 Å². The summed E-state index contributed by atoms with van der Waals surface area (Å²) < 4.78 is 5.21. The molecule has 1 fully saturated rings. The van der Waals surface area contributed by atoms with Gasteiger partial charge in [0.2, 0.25) is 0 Å². The third-order valence-corrected chi connectivity index (χ3v) is 4.34. The molecule has 112 valence electrons. The maximum absolute atomic E-state index is 10.2. The van der Waals surface area contributed by atoms with Gasteiger partial charge in [-0.25, -0.2) is 0 Å². The molecule has 1 atom stereocenters. The molecule has 1 N–H and O–H groups in total. The predicted molar refractivity (Wildman–Crippen MR) is 82.1 cm³/mol. The van der Waals surface area contributed by atoms with Gasteiger partial charge < -0.3 is 14.7 Å². The van der Waals surface area contributed by atoms with E-state index in [0.29, 0.717) is 10.9 Å². The minimum atomic E-state index is -0.399. The lowest BCUT2D eigenvalue weighted by Gasteiger charge is -2.32. The highest BCUT2D eigenvalue weighted by Gasteiger charge is 2.19. The third kappa shape index (κ3) is 4.74. The van der Waals surface area contributed by atoms with Crippen LogP contribution in [0.15, 0.2) is 24.3 Å². The second-order valence-corrected chi connectivity index (χ2v) is 6.03. The van der Waals surface area contributed by atoms with Crippen molar-refractivity contribution in [3.63, 3.8) is 0 Å². The summed E-state index contributed by atoms with van der Waals surface area (Å²) in [5, 5.41) is 10.9. The van der Waals surface area contributed by atoms with Gasteiger partial charge in [-0.3, -0.25) is 0 Å². The van der Waals surface area contributed by atoms with Gasteiger partial charge in [-0.15, -0.1) is 0 Å². The second kappa shape index (κ2) is 7.99. The molecule has 1 aromatic rings. The van der Waals surface area contributed by atoms with Gasteiger partial charge in [0.05, 0.1) is 6.10 Å². The molecule has 0 spiro atoms. The lowest BCUT2D eigenvalue weighted by atomic mass is 9.97. The Morgan fingerprint density at radius 1 is 1.30 bits per heavy atom. The number of benzene rings is 1. The minimum absolute atomic E-state index is 0.399. The number of hydrogen-bond acceptors (Lipinski definition) is 3. The van der Waals surface area contributed by atoms with Crippen molar-refractivity contribution in [3.05, 3.63) is 34.9 Å². The van der Waals surface area contributed by atoms with E-state index < -0.39 is 6.10 Å². The maximum Gasteiger partial charge on any atom is 0.0802 e. The van der Waals surface area contributed by atoms with Gasteiger partial charge in [-0.1, -0.05) is 23.7 Å². The van der Waals surface area contributed by atoms with E-state index in [0.717, 1.165) is 38.2 Å². The highest BCUT2D eigenvalue weighted by Crippen LogP contribution is 2.22. The third-order valence-electron chi connectivity index (χ3n) is 4.08. The molecule has 0 bridgehead atoms. The summed E-state index contributed by atoms with van der Waals surface area (Å²) in [7, 11) is 1.77. The van der Waals surface area contributed by atoms with Crippen molar-refractivity contribution in [1.82, 2.24) is 4.90 Å². The van der Waals surface area contributed by atoms with Gasteiger partial charge in [0.1, 0.15) is 0 Å². The highest BCUT2D eigenvalue weighted by atomic mass is 35.5. The van der Waals surface area contributed by atoms with Crippen molar-refractivity contribution in [2.75, 3.05) is 33.4 Å². The van der Waals surface area contributed by atoms with E-state index in [2.05, 4.69) is 4.90 Å². The first-order valence-corrected chi connectivity index (χ1v) is 7.71. The largest absolute Gasteiger partial charge is 0.388 e. The van der Waals surface area contributed by atoms with Crippen molar-refractivity contribution in [2.24, 2.45) is 5.92 Å². The van der Waals surface area contributed by atoms with Gasteiger partial charge in [-0.2, -0.15) is 0 Å². The summed E-state index contributed by atoms with van der Waals surface area (Å²) in [6.45, 7) is 4.05. The molecule has 1 heterocycles. The summed E-state index contributed by atoms with van der Waals surface area (Å²) in [5.74, 6) is 0.706. The fourth-order valence-corrected chi connectivity index (χ4v) is 2.89. The highest BCUT2D eigenvalue weighted by molar-refractivity contribution is 6.30. The van der Waals surface area contributed by atoms with E-state index in [4.69, 9.17) is 16.3 Å². The molecular formula is C16H24ClNO2. The number of ether oxygens (including phenoxy) is 1. The number of aliphatic hydroxyl groups excluding tert-OH is 1.